The topological polar surface area (TPSA) is 0 Å². The number of rotatable bonds is 4. The molecule has 0 bridgehead atoms. The van der Waals surface area contributed by atoms with E-state index in [4.69, 9.17) is 0 Å². The first-order chi connectivity index (χ1) is 4.81. The Labute approximate surface area is 66.3 Å². The van der Waals surface area contributed by atoms with E-state index in [-0.39, 0.29) is 0 Å². The van der Waals surface area contributed by atoms with E-state index in [0.717, 1.165) is 6.42 Å². The van der Waals surface area contributed by atoms with Crippen LogP contribution in [0.2, 0.25) is 0 Å². The van der Waals surface area contributed by atoms with Gasteiger partial charge in [-0.05, 0) is 19.3 Å². The van der Waals surface area contributed by atoms with Crippen molar-refractivity contribution in [1.82, 2.24) is 0 Å². The van der Waals surface area contributed by atoms with Crippen LogP contribution in [-0.4, -0.2) is 0 Å². The predicted molar refractivity (Wildman–Crippen MR) is 50.3 cm³/mol. The standard InChI is InChI=1S/C8H16.C2H6/c1-4-6-7-8(3)5-2;1-2/h3-7H2,1-2H3;1-2H3. The maximum absolute atomic E-state index is 3.91. The Kier molecular flexibility index (Phi) is 14.3. The molecular formula is C10H22. The Hall–Kier alpha value is -0.260. The van der Waals surface area contributed by atoms with E-state index in [1.54, 1.807) is 0 Å². The zero-order chi connectivity index (χ0) is 8.41. The van der Waals surface area contributed by atoms with Gasteiger partial charge in [0.2, 0.25) is 0 Å². The fourth-order valence-corrected chi connectivity index (χ4v) is 0.604. The monoisotopic (exact) mass is 142 g/mol. The summed E-state index contributed by atoms with van der Waals surface area (Å²) in [4.78, 5) is 0. The summed E-state index contributed by atoms with van der Waals surface area (Å²) >= 11 is 0. The molecule has 62 valence electrons. The Morgan fingerprint density at radius 3 is 2.00 bits per heavy atom. The van der Waals surface area contributed by atoms with Crippen molar-refractivity contribution in [3.8, 4) is 0 Å². The summed E-state index contributed by atoms with van der Waals surface area (Å²) in [6.07, 6.45) is 4.98. The van der Waals surface area contributed by atoms with Crippen LogP contribution in [0.5, 0.6) is 0 Å². The van der Waals surface area contributed by atoms with Crippen molar-refractivity contribution in [3.05, 3.63) is 12.2 Å². The molecule has 0 heterocycles. The molecule has 0 aliphatic rings. The molecule has 0 atom stereocenters. The molecule has 0 aromatic rings. The maximum Gasteiger partial charge on any atom is -0.0323 e. The van der Waals surface area contributed by atoms with E-state index in [2.05, 4.69) is 20.4 Å². The highest BCUT2D eigenvalue weighted by atomic mass is 13.9. The third kappa shape index (κ3) is 10.7. The van der Waals surface area contributed by atoms with Crippen LogP contribution in [0.3, 0.4) is 0 Å². The van der Waals surface area contributed by atoms with Gasteiger partial charge in [0.15, 0.2) is 0 Å². The van der Waals surface area contributed by atoms with Crippen LogP contribution < -0.4 is 0 Å². The first-order valence-corrected chi connectivity index (χ1v) is 4.47. The summed E-state index contributed by atoms with van der Waals surface area (Å²) in [5.74, 6) is 0. The fraction of sp³-hybridized carbons (Fsp3) is 0.800. The molecule has 0 spiro atoms. The quantitative estimate of drug-likeness (QED) is 0.517. The maximum atomic E-state index is 3.91. The molecule has 0 aliphatic carbocycles. The van der Waals surface area contributed by atoms with Crippen LogP contribution in [0, 0.1) is 0 Å². The largest absolute Gasteiger partial charge is 0.0999 e. The molecule has 0 rings (SSSR count). The van der Waals surface area contributed by atoms with Gasteiger partial charge in [0.25, 0.3) is 0 Å². The lowest BCUT2D eigenvalue weighted by molar-refractivity contribution is 0.769. The molecule has 0 aliphatic heterocycles. The number of hydrogen-bond donors (Lipinski definition) is 0. The summed E-state index contributed by atoms with van der Waals surface area (Å²) in [6, 6.07) is 0. The second-order valence-corrected chi connectivity index (χ2v) is 2.21. The van der Waals surface area contributed by atoms with Crippen LogP contribution >= 0.6 is 0 Å². The van der Waals surface area contributed by atoms with Gasteiger partial charge in [0.05, 0.1) is 0 Å². The van der Waals surface area contributed by atoms with Gasteiger partial charge >= 0.3 is 0 Å². The first-order valence-electron chi connectivity index (χ1n) is 4.47. The summed E-state index contributed by atoms with van der Waals surface area (Å²) < 4.78 is 0. The van der Waals surface area contributed by atoms with Gasteiger partial charge < -0.3 is 0 Å². The highest BCUT2D eigenvalue weighted by Gasteiger charge is 1.86. The molecule has 0 aromatic heterocycles. The van der Waals surface area contributed by atoms with Crippen molar-refractivity contribution < 1.29 is 0 Å². The molecule has 0 amide bonds. The zero-order valence-corrected chi connectivity index (χ0v) is 8.04. The molecule has 0 fully saturated rings. The molecule has 0 heteroatoms. The molecular weight excluding hydrogens is 120 g/mol. The molecule has 0 aromatic carbocycles. The number of unbranched alkanes of at least 4 members (excludes halogenated alkanes) is 1. The minimum atomic E-state index is 1.15. The van der Waals surface area contributed by atoms with Gasteiger partial charge in [-0.3, -0.25) is 0 Å². The molecule has 0 radical (unpaired) electrons. The summed E-state index contributed by atoms with van der Waals surface area (Å²) in [6.45, 7) is 12.3. The molecule has 0 N–H and O–H groups in total. The predicted octanol–water partition coefficient (Wildman–Crippen LogP) is 4.17. The number of allylic oxidation sites excluding steroid dienone is 1. The van der Waals surface area contributed by atoms with Crippen LogP contribution in [0.4, 0.5) is 0 Å². The van der Waals surface area contributed by atoms with Gasteiger partial charge in [-0.1, -0.05) is 46.3 Å². The smallest absolute Gasteiger partial charge is 0.0323 e. The summed E-state index contributed by atoms with van der Waals surface area (Å²) in [7, 11) is 0. The number of hydrogen-bond acceptors (Lipinski definition) is 0. The lowest BCUT2D eigenvalue weighted by atomic mass is 10.1. The van der Waals surface area contributed by atoms with E-state index in [1.807, 2.05) is 13.8 Å². The van der Waals surface area contributed by atoms with E-state index in [1.165, 1.54) is 24.8 Å². The van der Waals surface area contributed by atoms with Crippen molar-refractivity contribution >= 4 is 0 Å². The Balaban J connectivity index is 0. The average molecular weight is 142 g/mol. The van der Waals surface area contributed by atoms with E-state index < -0.39 is 0 Å². The van der Waals surface area contributed by atoms with Gasteiger partial charge in [-0.2, -0.15) is 0 Å². The van der Waals surface area contributed by atoms with Crippen LogP contribution in [0.25, 0.3) is 0 Å². The van der Waals surface area contributed by atoms with E-state index in [0.29, 0.717) is 0 Å². The molecule has 0 saturated carbocycles. The fourth-order valence-electron chi connectivity index (χ4n) is 0.604. The minimum Gasteiger partial charge on any atom is -0.0999 e. The van der Waals surface area contributed by atoms with Crippen LogP contribution in [-0.2, 0) is 0 Å². The highest BCUT2D eigenvalue weighted by molar-refractivity contribution is 4.91. The third-order valence-electron chi connectivity index (χ3n) is 1.38. The third-order valence-corrected chi connectivity index (χ3v) is 1.38. The van der Waals surface area contributed by atoms with Crippen molar-refractivity contribution in [3.63, 3.8) is 0 Å². The van der Waals surface area contributed by atoms with Crippen LogP contribution in [0.1, 0.15) is 53.4 Å². The molecule has 0 unspecified atom stereocenters. The summed E-state index contributed by atoms with van der Waals surface area (Å²) in [5, 5.41) is 0. The average Bonchev–Trinajstić information content (AvgIpc) is 2.04. The summed E-state index contributed by atoms with van der Waals surface area (Å²) in [5.41, 5.74) is 1.40. The van der Waals surface area contributed by atoms with E-state index in [9.17, 15) is 0 Å². The van der Waals surface area contributed by atoms with Crippen molar-refractivity contribution in [2.24, 2.45) is 0 Å². The van der Waals surface area contributed by atoms with E-state index >= 15 is 0 Å². The van der Waals surface area contributed by atoms with Crippen LogP contribution in [0.15, 0.2) is 12.2 Å². The van der Waals surface area contributed by atoms with Crippen molar-refractivity contribution in [1.29, 1.82) is 0 Å². The normalized spacial score (nSPS) is 8.00. The Morgan fingerprint density at radius 1 is 1.20 bits per heavy atom. The SMILES string of the molecule is C=C(CC)CCCC.CC. The van der Waals surface area contributed by atoms with Gasteiger partial charge in [0.1, 0.15) is 0 Å². The van der Waals surface area contributed by atoms with Crippen molar-refractivity contribution in [2.75, 3.05) is 0 Å². The Bertz CT molecular complexity index is 62.4. The second-order valence-electron chi connectivity index (χ2n) is 2.21. The molecule has 0 saturated heterocycles. The highest BCUT2D eigenvalue weighted by Crippen LogP contribution is 2.06. The zero-order valence-electron chi connectivity index (χ0n) is 8.04. The van der Waals surface area contributed by atoms with Gasteiger partial charge in [-0.15, -0.1) is 0 Å². The Morgan fingerprint density at radius 2 is 1.70 bits per heavy atom. The lowest BCUT2D eigenvalue weighted by Gasteiger charge is -1.97. The van der Waals surface area contributed by atoms with Gasteiger partial charge in [-0.25, -0.2) is 0 Å². The molecule has 0 nitrogen and oxygen atoms in total. The first kappa shape index (κ1) is 12.4. The minimum absolute atomic E-state index is 1.15. The lowest BCUT2D eigenvalue weighted by Crippen LogP contribution is -1.76. The second kappa shape index (κ2) is 11.5. The molecule has 10 heavy (non-hydrogen) atoms. The van der Waals surface area contributed by atoms with Crippen molar-refractivity contribution in [2.45, 2.75) is 53.4 Å². The van der Waals surface area contributed by atoms with Gasteiger partial charge in [0, 0.05) is 0 Å².